The molecule has 29 heavy (non-hydrogen) atoms. The first-order valence-electron chi connectivity index (χ1n) is 9.71. The van der Waals surface area contributed by atoms with Crippen molar-refractivity contribution in [3.63, 3.8) is 0 Å². The number of ether oxygens (including phenoxy) is 2. The maximum absolute atomic E-state index is 13.4. The molecule has 0 unspecified atom stereocenters. The molecule has 0 spiro atoms. The van der Waals surface area contributed by atoms with Gasteiger partial charge in [-0.2, -0.15) is 0 Å². The van der Waals surface area contributed by atoms with Gasteiger partial charge in [0.1, 0.15) is 5.56 Å². The van der Waals surface area contributed by atoms with Crippen molar-refractivity contribution >= 4 is 32.6 Å². The zero-order valence-electron chi connectivity index (χ0n) is 16.7. The quantitative estimate of drug-likeness (QED) is 0.590. The Morgan fingerprint density at radius 2 is 2.10 bits per heavy atom. The summed E-state index contributed by atoms with van der Waals surface area (Å²) in [5.41, 5.74) is 1.34. The molecule has 154 valence electrons. The van der Waals surface area contributed by atoms with Gasteiger partial charge in [-0.15, -0.1) is 5.10 Å². The molecule has 1 aliphatic heterocycles. The Hall–Kier alpha value is -2.49. The van der Waals surface area contributed by atoms with E-state index in [1.165, 1.54) is 18.4 Å². The van der Waals surface area contributed by atoms with Gasteiger partial charge < -0.3 is 9.47 Å². The molecule has 1 aliphatic rings. The van der Waals surface area contributed by atoms with E-state index in [0.29, 0.717) is 23.1 Å². The number of anilines is 1. The van der Waals surface area contributed by atoms with E-state index in [9.17, 15) is 4.79 Å². The first-order chi connectivity index (χ1) is 14.2. The number of aryl methyl sites for hydroxylation is 1. The van der Waals surface area contributed by atoms with Gasteiger partial charge in [0.15, 0.2) is 5.13 Å². The van der Waals surface area contributed by atoms with Crippen LogP contribution < -0.4 is 9.64 Å². The number of nitrogens with zero attached hydrogens (tertiary/aromatic N) is 5. The summed E-state index contributed by atoms with van der Waals surface area (Å²) in [7, 11) is 3.30. The molecule has 3 aromatic rings. The van der Waals surface area contributed by atoms with E-state index in [2.05, 4.69) is 10.00 Å². The minimum Gasteiger partial charge on any atom is -0.479 e. The molecule has 2 aromatic heterocycles. The van der Waals surface area contributed by atoms with Crippen LogP contribution in [0.3, 0.4) is 0 Å². The third kappa shape index (κ3) is 4.42. The Morgan fingerprint density at radius 1 is 1.31 bits per heavy atom. The van der Waals surface area contributed by atoms with Crippen molar-refractivity contribution in [1.29, 1.82) is 0 Å². The van der Waals surface area contributed by atoms with Crippen LogP contribution >= 0.6 is 11.3 Å². The summed E-state index contributed by atoms with van der Waals surface area (Å²) in [6.45, 7) is 4.91. The summed E-state index contributed by atoms with van der Waals surface area (Å²) >= 11 is 1.53. The monoisotopic (exact) mass is 415 g/mol. The molecule has 9 heteroatoms. The molecule has 0 saturated carbocycles. The summed E-state index contributed by atoms with van der Waals surface area (Å²) in [4.78, 5) is 22.3. The molecule has 1 saturated heterocycles. The van der Waals surface area contributed by atoms with E-state index >= 15 is 0 Å². The number of morpholine rings is 1. The van der Waals surface area contributed by atoms with Gasteiger partial charge in [-0.25, -0.2) is 4.98 Å². The fourth-order valence-corrected chi connectivity index (χ4v) is 4.44. The first kappa shape index (κ1) is 19.8. The summed E-state index contributed by atoms with van der Waals surface area (Å²) in [6.07, 6.45) is 2.55. The molecular weight excluding hydrogens is 390 g/mol. The van der Waals surface area contributed by atoms with Crippen LogP contribution in [0.4, 0.5) is 5.13 Å². The highest BCUT2D eigenvalue weighted by Crippen LogP contribution is 2.30. The van der Waals surface area contributed by atoms with Gasteiger partial charge in [0.05, 0.1) is 30.5 Å². The standard InChI is InChI=1S/C20H25N5O3S/c1-23-14-15(18(22-23)27-2)19(26)25(9-5-8-24-10-12-28-13-11-24)20-21-16-6-3-4-7-17(16)29-20/h3-4,6-7,14H,5,8-13H2,1-2H3. The number of hydrogen-bond donors (Lipinski definition) is 0. The Balaban J connectivity index is 1.58. The van der Waals surface area contributed by atoms with Crippen LogP contribution in [-0.4, -0.2) is 72.1 Å². The van der Waals surface area contributed by atoms with Crippen LogP contribution in [0.5, 0.6) is 5.88 Å². The Morgan fingerprint density at radius 3 is 2.86 bits per heavy atom. The van der Waals surface area contributed by atoms with Crippen LogP contribution in [0, 0.1) is 0 Å². The van der Waals surface area contributed by atoms with Gasteiger partial charge in [-0.05, 0) is 18.6 Å². The predicted octanol–water partition coefficient (Wildman–Crippen LogP) is 2.41. The van der Waals surface area contributed by atoms with Crippen molar-refractivity contribution in [2.75, 3.05) is 51.4 Å². The zero-order chi connectivity index (χ0) is 20.2. The average Bonchev–Trinajstić information content (AvgIpc) is 3.34. The lowest BCUT2D eigenvalue weighted by Crippen LogP contribution is -2.39. The second-order valence-corrected chi connectivity index (χ2v) is 7.96. The summed E-state index contributed by atoms with van der Waals surface area (Å²) in [5, 5.41) is 4.93. The summed E-state index contributed by atoms with van der Waals surface area (Å²) in [5.74, 6) is 0.188. The molecule has 4 rings (SSSR count). The number of carbonyl (C=O) groups is 1. The number of fused-ring (bicyclic) bond motifs is 1. The molecule has 1 fully saturated rings. The van der Waals surface area contributed by atoms with Crippen molar-refractivity contribution in [2.45, 2.75) is 6.42 Å². The third-order valence-electron chi connectivity index (χ3n) is 4.94. The van der Waals surface area contributed by atoms with Crippen molar-refractivity contribution in [2.24, 2.45) is 7.05 Å². The zero-order valence-corrected chi connectivity index (χ0v) is 17.5. The van der Waals surface area contributed by atoms with Crippen LogP contribution in [0.25, 0.3) is 10.2 Å². The average molecular weight is 416 g/mol. The molecule has 0 radical (unpaired) electrons. The van der Waals surface area contributed by atoms with Gasteiger partial charge in [0.25, 0.3) is 5.91 Å². The van der Waals surface area contributed by atoms with Crippen LogP contribution in [0.15, 0.2) is 30.5 Å². The molecule has 0 bridgehead atoms. The van der Waals surface area contributed by atoms with E-state index in [0.717, 1.165) is 49.5 Å². The minimum atomic E-state index is -0.143. The van der Waals surface area contributed by atoms with Gasteiger partial charge in [0, 0.05) is 39.4 Å². The Kier molecular flexibility index (Phi) is 6.08. The van der Waals surface area contributed by atoms with Gasteiger partial charge in [-0.1, -0.05) is 23.5 Å². The molecule has 1 aromatic carbocycles. The van der Waals surface area contributed by atoms with Gasteiger partial charge >= 0.3 is 0 Å². The Bertz CT molecular complexity index is 947. The number of carbonyl (C=O) groups excluding carboxylic acids is 1. The highest BCUT2D eigenvalue weighted by Gasteiger charge is 2.26. The summed E-state index contributed by atoms with van der Waals surface area (Å²) in [6, 6.07) is 7.94. The highest BCUT2D eigenvalue weighted by atomic mass is 32.1. The lowest BCUT2D eigenvalue weighted by molar-refractivity contribution is 0.0376. The highest BCUT2D eigenvalue weighted by molar-refractivity contribution is 7.22. The van der Waals surface area contributed by atoms with Crippen molar-refractivity contribution in [1.82, 2.24) is 19.7 Å². The fourth-order valence-electron chi connectivity index (χ4n) is 3.45. The van der Waals surface area contributed by atoms with E-state index in [4.69, 9.17) is 14.5 Å². The second-order valence-electron chi connectivity index (χ2n) is 6.95. The smallest absolute Gasteiger partial charge is 0.267 e. The van der Waals surface area contributed by atoms with E-state index in [-0.39, 0.29) is 5.91 Å². The van der Waals surface area contributed by atoms with Crippen LogP contribution in [0.2, 0.25) is 0 Å². The van der Waals surface area contributed by atoms with Gasteiger partial charge in [-0.3, -0.25) is 19.3 Å². The fraction of sp³-hybridized carbons (Fsp3) is 0.450. The van der Waals surface area contributed by atoms with Crippen molar-refractivity contribution < 1.29 is 14.3 Å². The largest absolute Gasteiger partial charge is 0.479 e. The number of benzene rings is 1. The predicted molar refractivity (Wildman–Crippen MR) is 113 cm³/mol. The number of hydrogen-bond acceptors (Lipinski definition) is 7. The van der Waals surface area contributed by atoms with Crippen LogP contribution in [-0.2, 0) is 11.8 Å². The number of rotatable bonds is 7. The molecule has 0 N–H and O–H groups in total. The molecule has 3 heterocycles. The number of methoxy groups -OCH3 is 1. The second kappa shape index (κ2) is 8.89. The lowest BCUT2D eigenvalue weighted by Gasteiger charge is -2.27. The maximum atomic E-state index is 13.4. The van der Waals surface area contributed by atoms with E-state index in [1.807, 2.05) is 24.3 Å². The number of para-hydroxylation sites is 1. The summed E-state index contributed by atoms with van der Waals surface area (Å²) < 4.78 is 13.4. The number of aromatic nitrogens is 3. The third-order valence-corrected chi connectivity index (χ3v) is 6.00. The topological polar surface area (TPSA) is 72.7 Å². The maximum Gasteiger partial charge on any atom is 0.267 e. The first-order valence-corrected chi connectivity index (χ1v) is 10.5. The Labute approximate surface area is 173 Å². The van der Waals surface area contributed by atoms with Crippen LogP contribution in [0.1, 0.15) is 16.8 Å². The lowest BCUT2D eigenvalue weighted by atomic mass is 10.2. The minimum absolute atomic E-state index is 0.143. The molecule has 8 nitrogen and oxygen atoms in total. The van der Waals surface area contributed by atoms with E-state index in [1.54, 1.807) is 22.8 Å². The molecular formula is C20H25N5O3S. The van der Waals surface area contributed by atoms with Crippen molar-refractivity contribution in [3.05, 3.63) is 36.0 Å². The molecule has 1 amide bonds. The number of thiazole rings is 1. The SMILES string of the molecule is COc1nn(C)cc1C(=O)N(CCCN1CCOCC1)c1nc2ccccc2s1. The van der Waals surface area contributed by atoms with Gasteiger partial charge in [0.2, 0.25) is 5.88 Å². The molecule has 0 atom stereocenters. The van der Waals surface area contributed by atoms with Crippen molar-refractivity contribution in [3.8, 4) is 5.88 Å². The normalized spacial score (nSPS) is 15.0. The van der Waals surface area contributed by atoms with E-state index < -0.39 is 0 Å². The number of amides is 1. The molecule has 0 aliphatic carbocycles.